The Hall–Kier alpha value is -2.79. The number of pyridine rings is 2. The maximum atomic E-state index is 9.16. The first-order chi connectivity index (χ1) is 14.6. The van der Waals surface area contributed by atoms with Crippen LogP contribution in [0, 0.1) is 24.2 Å². The lowest BCUT2D eigenvalue weighted by Crippen LogP contribution is -2.47. The van der Waals surface area contributed by atoms with Crippen LogP contribution in [0.3, 0.4) is 0 Å². The number of aryl methyl sites for hydroxylation is 1. The fraction of sp³-hybridized carbons (Fsp3) is 0.409. The van der Waals surface area contributed by atoms with Crippen molar-refractivity contribution in [3.05, 3.63) is 46.6 Å². The van der Waals surface area contributed by atoms with Gasteiger partial charge in [0.05, 0.1) is 21.8 Å². The second-order valence-electron chi connectivity index (χ2n) is 8.01. The first kappa shape index (κ1) is 19.2. The number of piperidine rings is 1. The van der Waals surface area contributed by atoms with E-state index in [0.29, 0.717) is 5.92 Å². The molecule has 152 valence electrons. The van der Waals surface area contributed by atoms with Gasteiger partial charge in [0.25, 0.3) is 0 Å². The van der Waals surface area contributed by atoms with Crippen molar-refractivity contribution in [2.24, 2.45) is 5.92 Å². The van der Waals surface area contributed by atoms with E-state index < -0.39 is 0 Å². The van der Waals surface area contributed by atoms with Crippen LogP contribution in [0.25, 0.3) is 10.9 Å². The molecule has 0 amide bonds. The Morgan fingerprint density at radius 1 is 1.03 bits per heavy atom. The standard InChI is InChI=1S/C22H22BrN7/c1-14-17-10-18(23)21(28-19(17)2-5-25-14)30-12-16(13-30)20-22(27-7-6-26-20)29-8-3-15(11-24)4-9-29/h2,5-7,10,15-16H,3-4,8-9,12-13H2,1H3. The molecule has 0 radical (unpaired) electrons. The Bertz CT molecular complexity index is 1130. The highest BCUT2D eigenvalue weighted by Gasteiger charge is 2.35. The Labute approximate surface area is 183 Å². The van der Waals surface area contributed by atoms with E-state index in [2.05, 4.69) is 47.8 Å². The molecule has 5 rings (SSSR count). The van der Waals surface area contributed by atoms with Crippen molar-refractivity contribution in [1.82, 2.24) is 19.9 Å². The van der Waals surface area contributed by atoms with Crippen LogP contribution >= 0.6 is 15.9 Å². The minimum Gasteiger partial charge on any atom is -0.355 e. The molecule has 0 aliphatic carbocycles. The third-order valence-corrected chi connectivity index (χ3v) is 6.71. The zero-order chi connectivity index (χ0) is 20.7. The molecule has 0 unspecified atom stereocenters. The lowest BCUT2D eigenvalue weighted by Gasteiger charge is -2.42. The van der Waals surface area contributed by atoms with E-state index in [1.54, 1.807) is 12.4 Å². The minimum absolute atomic E-state index is 0.163. The monoisotopic (exact) mass is 463 g/mol. The van der Waals surface area contributed by atoms with Gasteiger partial charge < -0.3 is 9.80 Å². The van der Waals surface area contributed by atoms with Gasteiger partial charge in [-0.05, 0) is 47.8 Å². The van der Waals surface area contributed by atoms with Crippen molar-refractivity contribution in [3.8, 4) is 6.07 Å². The maximum absolute atomic E-state index is 9.16. The van der Waals surface area contributed by atoms with E-state index >= 15 is 0 Å². The number of rotatable bonds is 3. The summed E-state index contributed by atoms with van der Waals surface area (Å²) in [6.45, 7) is 5.46. The second-order valence-corrected chi connectivity index (χ2v) is 8.87. The molecule has 2 aliphatic heterocycles. The lowest BCUT2D eigenvalue weighted by molar-refractivity contribution is 0.473. The summed E-state index contributed by atoms with van der Waals surface area (Å²) in [5, 5.41) is 10.2. The van der Waals surface area contributed by atoms with Crippen LogP contribution in [0.5, 0.6) is 0 Å². The molecule has 8 heteroatoms. The van der Waals surface area contributed by atoms with Crippen LogP contribution in [-0.4, -0.2) is 46.1 Å². The molecule has 7 nitrogen and oxygen atoms in total. The van der Waals surface area contributed by atoms with Gasteiger partial charge in [-0.2, -0.15) is 5.26 Å². The van der Waals surface area contributed by atoms with Crippen molar-refractivity contribution in [1.29, 1.82) is 5.26 Å². The number of anilines is 2. The topological polar surface area (TPSA) is 81.8 Å². The Balaban J connectivity index is 1.35. The van der Waals surface area contributed by atoms with Crippen molar-refractivity contribution >= 4 is 38.5 Å². The van der Waals surface area contributed by atoms with E-state index in [-0.39, 0.29) is 5.92 Å². The zero-order valence-corrected chi connectivity index (χ0v) is 18.4. The van der Waals surface area contributed by atoms with Crippen molar-refractivity contribution < 1.29 is 0 Å². The average Bonchev–Trinajstić information content (AvgIpc) is 2.74. The van der Waals surface area contributed by atoms with Gasteiger partial charge in [0.15, 0.2) is 5.82 Å². The van der Waals surface area contributed by atoms with Crippen molar-refractivity contribution in [3.63, 3.8) is 0 Å². The average molecular weight is 464 g/mol. The predicted octanol–water partition coefficient (Wildman–Crippen LogP) is 3.83. The molecule has 5 heterocycles. The quantitative estimate of drug-likeness (QED) is 0.583. The van der Waals surface area contributed by atoms with Crippen LogP contribution in [0.4, 0.5) is 11.6 Å². The Kier molecular flexibility index (Phi) is 4.99. The zero-order valence-electron chi connectivity index (χ0n) is 16.8. The highest BCUT2D eigenvalue weighted by Crippen LogP contribution is 2.38. The maximum Gasteiger partial charge on any atom is 0.150 e. The van der Waals surface area contributed by atoms with Gasteiger partial charge in [0, 0.05) is 67.7 Å². The number of hydrogen-bond acceptors (Lipinski definition) is 7. The summed E-state index contributed by atoms with van der Waals surface area (Å²) in [5.41, 5.74) is 3.00. The molecule has 2 saturated heterocycles. The second kappa shape index (κ2) is 7.80. The van der Waals surface area contributed by atoms with Crippen LogP contribution in [0.2, 0.25) is 0 Å². The molecule has 2 aliphatic rings. The Morgan fingerprint density at radius 3 is 2.57 bits per heavy atom. The van der Waals surface area contributed by atoms with E-state index in [1.807, 2.05) is 19.2 Å². The van der Waals surface area contributed by atoms with E-state index in [0.717, 1.165) is 77.4 Å². The van der Waals surface area contributed by atoms with Gasteiger partial charge in [-0.15, -0.1) is 0 Å². The molecule has 0 atom stereocenters. The summed E-state index contributed by atoms with van der Waals surface area (Å²) in [6.07, 6.45) is 7.15. The summed E-state index contributed by atoms with van der Waals surface area (Å²) < 4.78 is 0.988. The minimum atomic E-state index is 0.163. The van der Waals surface area contributed by atoms with Crippen LogP contribution in [0.15, 0.2) is 35.2 Å². The number of halogens is 1. The number of nitriles is 1. The summed E-state index contributed by atoms with van der Waals surface area (Å²) >= 11 is 3.70. The fourth-order valence-corrected chi connectivity index (χ4v) is 4.91. The number of aromatic nitrogens is 4. The Morgan fingerprint density at radius 2 is 1.80 bits per heavy atom. The largest absolute Gasteiger partial charge is 0.355 e. The molecule has 0 N–H and O–H groups in total. The van der Waals surface area contributed by atoms with E-state index in [4.69, 9.17) is 15.2 Å². The molecule has 2 fully saturated rings. The molecular formula is C22H22BrN7. The molecular weight excluding hydrogens is 442 g/mol. The SMILES string of the molecule is Cc1nccc2nc(N3CC(c4nccnc4N4CCC(C#N)CC4)C3)c(Br)cc12. The summed E-state index contributed by atoms with van der Waals surface area (Å²) in [4.78, 5) is 23.2. The van der Waals surface area contributed by atoms with E-state index in [9.17, 15) is 0 Å². The van der Waals surface area contributed by atoms with Gasteiger partial charge in [-0.1, -0.05) is 0 Å². The smallest absolute Gasteiger partial charge is 0.150 e. The molecule has 30 heavy (non-hydrogen) atoms. The highest BCUT2D eigenvalue weighted by molar-refractivity contribution is 9.10. The molecule has 0 bridgehead atoms. The first-order valence-electron chi connectivity index (χ1n) is 10.3. The van der Waals surface area contributed by atoms with Crippen molar-refractivity contribution in [2.45, 2.75) is 25.7 Å². The summed E-state index contributed by atoms with van der Waals surface area (Å²) in [7, 11) is 0. The predicted molar refractivity (Wildman–Crippen MR) is 120 cm³/mol. The molecule has 3 aromatic heterocycles. The summed E-state index contributed by atoms with van der Waals surface area (Å²) in [5.74, 6) is 2.43. The number of fused-ring (bicyclic) bond motifs is 1. The fourth-order valence-electron chi connectivity index (χ4n) is 4.34. The lowest BCUT2D eigenvalue weighted by atomic mass is 9.94. The van der Waals surface area contributed by atoms with Crippen LogP contribution in [0.1, 0.15) is 30.1 Å². The van der Waals surface area contributed by atoms with Gasteiger partial charge >= 0.3 is 0 Å². The van der Waals surface area contributed by atoms with Gasteiger partial charge in [0.1, 0.15) is 5.82 Å². The summed E-state index contributed by atoms with van der Waals surface area (Å²) in [6, 6.07) is 6.47. The molecule has 0 spiro atoms. The van der Waals surface area contributed by atoms with Gasteiger partial charge in [-0.25, -0.2) is 9.97 Å². The molecule has 3 aromatic rings. The third kappa shape index (κ3) is 3.37. The highest BCUT2D eigenvalue weighted by atomic mass is 79.9. The number of nitrogens with zero attached hydrogens (tertiary/aromatic N) is 7. The number of hydrogen-bond donors (Lipinski definition) is 0. The van der Waals surface area contributed by atoms with Gasteiger partial charge in [0.2, 0.25) is 0 Å². The first-order valence-corrected chi connectivity index (χ1v) is 11.1. The van der Waals surface area contributed by atoms with E-state index in [1.165, 1.54) is 0 Å². The van der Waals surface area contributed by atoms with Crippen LogP contribution < -0.4 is 9.80 Å². The third-order valence-electron chi connectivity index (χ3n) is 6.13. The molecule has 0 saturated carbocycles. The van der Waals surface area contributed by atoms with Crippen LogP contribution in [-0.2, 0) is 0 Å². The van der Waals surface area contributed by atoms with Gasteiger partial charge in [-0.3, -0.25) is 9.97 Å². The van der Waals surface area contributed by atoms with Crippen molar-refractivity contribution in [2.75, 3.05) is 36.0 Å². The normalized spacial score (nSPS) is 17.8. The molecule has 0 aromatic carbocycles.